The minimum Gasteiger partial charge on any atom is -0.497 e. The Balaban J connectivity index is 2.41. The number of carbonyl (C=O) groups is 1. The van der Waals surface area contributed by atoms with Crippen molar-refractivity contribution in [1.29, 1.82) is 0 Å². The smallest absolute Gasteiger partial charge is 0.196 e. The summed E-state index contributed by atoms with van der Waals surface area (Å²) in [5.74, 6) is -0.672. The molecule has 0 fully saturated rings. The Morgan fingerprint density at radius 1 is 1.26 bits per heavy atom. The van der Waals surface area contributed by atoms with E-state index in [0.717, 1.165) is 0 Å². The number of hydrogen-bond donors (Lipinski definition) is 1. The lowest BCUT2D eigenvalue weighted by atomic mass is 10.0. The zero-order valence-corrected chi connectivity index (χ0v) is 11.7. The Kier molecular flexibility index (Phi) is 3.85. The second kappa shape index (κ2) is 5.40. The molecule has 0 amide bonds. The van der Waals surface area contributed by atoms with Crippen molar-refractivity contribution in [3.8, 4) is 5.75 Å². The summed E-state index contributed by atoms with van der Waals surface area (Å²) in [6.45, 7) is 0. The molecule has 0 spiro atoms. The molecule has 0 atom stereocenters. The predicted molar refractivity (Wildman–Crippen MR) is 74.9 cm³/mol. The fourth-order valence-corrected chi connectivity index (χ4v) is 1.89. The number of methoxy groups -OCH3 is 1. The van der Waals surface area contributed by atoms with Crippen molar-refractivity contribution >= 4 is 27.4 Å². The molecule has 0 radical (unpaired) electrons. The molecule has 0 unspecified atom stereocenters. The van der Waals surface area contributed by atoms with Crippen molar-refractivity contribution in [1.82, 2.24) is 0 Å². The number of benzene rings is 2. The van der Waals surface area contributed by atoms with Crippen LogP contribution in [0.4, 0.5) is 10.1 Å². The highest BCUT2D eigenvalue weighted by Gasteiger charge is 2.15. The van der Waals surface area contributed by atoms with Gasteiger partial charge in [0.05, 0.1) is 12.7 Å². The first-order chi connectivity index (χ1) is 9.02. The summed E-state index contributed by atoms with van der Waals surface area (Å²) in [4.78, 5) is 12.2. The number of ether oxygens (including phenoxy) is 1. The van der Waals surface area contributed by atoms with Gasteiger partial charge in [0.15, 0.2) is 5.78 Å². The second-order valence-electron chi connectivity index (χ2n) is 3.91. The first kappa shape index (κ1) is 13.5. The van der Waals surface area contributed by atoms with Crippen LogP contribution >= 0.6 is 15.9 Å². The molecule has 0 heterocycles. The maximum absolute atomic E-state index is 13.8. The van der Waals surface area contributed by atoms with Gasteiger partial charge in [0.1, 0.15) is 11.6 Å². The third-order valence-corrected chi connectivity index (χ3v) is 3.40. The molecule has 2 aromatic rings. The van der Waals surface area contributed by atoms with E-state index in [1.807, 2.05) is 0 Å². The van der Waals surface area contributed by atoms with Crippen LogP contribution in [0, 0.1) is 5.82 Å². The lowest BCUT2D eigenvalue weighted by molar-refractivity contribution is 0.103. The number of ketones is 1. The van der Waals surface area contributed by atoms with E-state index in [9.17, 15) is 9.18 Å². The predicted octanol–water partition coefficient (Wildman–Crippen LogP) is 3.41. The summed E-state index contributed by atoms with van der Waals surface area (Å²) in [6, 6.07) is 8.87. The van der Waals surface area contributed by atoms with Crippen LogP contribution in [0.2, 0.25) is 0 Å². The van der Waals surface area contributed by atoms with E-state index < -0.39 is 11.6 Å². The van der Waals surface area contributed by atoms with Crippen molar-refractivity contribution in [2.24, 2.45) is 0 Å². The van der Waals surface area contributed by atoms with Crippen molar-refractivity contribution in [3.63, 3.8) is 0 Å². The molecule has 0 aliphatic carbocycles. The van der Waals surface area contributed by atoms with E-state index in [2.05, 4.69) is 15.9 Å². The van der Waals surface area contributed by atoms with E-state index in [0.29, 0.717) is 21.5 Å². The monoisotopic (exact) mass is 323 g/mol. The number of nitrogens with two attached hydrogens (primary N) is 1. The molecule has 0 saturated carbocycles. The van der Waals surface area contributed by atoms with Crippen LogP contribution in [0.15, 0.2) is 40.9 Å². The molecular weight excluding hydrogens is 313 g/mol. The van der Waals surface area contributed by atoms with Crippen LogP contribution in [-0.2, 0) is 0 Å². The van der Waals surface area contributed by atoms with E-state index in [4.69, 9.17) is 10.5 Å². The third-order valence-electron chi connectivity index (χ3n) is 2.68. The number of halogens is 2. The standard InChI is InChI=1S/C14H11BrFNO2/c1-19-9-3-4-10(12(16)7-9)14(18)8-2-5-11(15)13(17)6-8/h2-7H,17H2,1H3. The molecule has 19 heavy (non-hydrogen) atoms. The summed E-state index contributed by atoms with van der Waals surface area (Å²) < 4.78 is 19.4. The molecule has 98 valence electrons. The maximum Gasteiger partial charge on any atom is 0.196 e. The van der Waals surface area contributed by atoms with Gasteiger partial charge >= 0.3 is 0 Å². The van der Waals surface area contributed by atoms with E-state index >= 15 is 0 Å². The van der Waals surface area contributed by atoms with Crippen molar-refractivity contribution in [2.75, 3.05) is 12.8 Å². The minimum absolute atomic E-state index is 0.0116. The highest BCUT2D eigenvalue weighted by Crippen LogP contribution is 2.24. The number of nitrogen functional groups attached to an aromatic ring is 1. The Morgan fingerprint density at radius 3 is 2.58 bits per heavy atom. The fourth-order valence-electron chi connectivity index (χ4n) is 1.65. The first-order valence-corrected chi connectivity index (χ1v) is 6.25. The number of rotatable bonds is 3. The molecule has 2 N–H and O–H groups in total. The molecular formula is C14H11BrFNO2. The quantitative estimate of drug-likeness (QED) is 0.695. The first-order valence-electron chi connectivity index (χ1n) is 5.46. The van der Waals surface area contributed by atoms with Crippen LogP contribution in [-0.4, -0.2) is 12.9 Å². The molecule has 5 heteroatoms. The van der Waals surface area contributed by atoms with Crippen molar-refractivity contribution in [2.45, 2.75) is 0 Å². The Bertz CT molecular complexity index is 643. The normalized spacial score (nSPS) is 10.3. The third kappa shape index (κ3) is 2.76. The van der Waals surface area contributed by atoms with Gasteiger partial charge in [0, 0.05) is 21.8 Å². The molecule has 2 aromatic carbocycles. The average molecular weight is 324 g/mol. The molecule has 0 aliphatic rings. The van der Waals surface area contributed by atoms with Crippen LogP contribution < -0.4 is 10.5 Å². The van der Waals surface area contributed by atoms with Crippen LogP contribution in [0.25, 0.3) is 0 Å². The van der Waals surface area contributed by atoms with E-state index in [1.54, 1.807) is 18.2 Å². The number of hydrogen-bond acceptors (Lipinski definition) is 3. The number of anilines is 1. The van der Waals surface area contributed by atoms with E-state index in [-0.39, 0.29) is 5.56 Å². The van der Waals surface area contributed by atoms with Gasteiger partial charge in [-0.2, -0.15) is 0 Å². The zero-order valence-electron chi connectivity index (χ0n) is 10.1. The van der Waals surface area contributed by atoms with Gasteiger partial charge in [-0.1, -0.05) is 0 Å². The SMILES string of the molecule is COc1ccc(C(=O)c2ccc(Br)c(N)c2)c(F)c1. The van der Waals surface area contributed by atoms with Crippen LogP contribution in [0.3, 0.4) is 0 Å². The lowest BCUT2D eigenvalue weighted by Gasteiger charge is -2.06. The Hall–Kier alpha value is -1.88. The summed E-state index contributed by atoms with van der Waals surface area (Å²) >= 11 is 3.24. The summed E-state index contributed by atoms with van der Waals surface area (Å²) in [5.41, 5.74) is 6.46. The summed E-state index contributed by atoms with van der Waals surface area (Å²) in [5, 5.41) is 0. The van der Waals surface area contributed by atoms with Gasteiger partial charge in [0.25, 0.3) is 0 Å². The largest absolute Gasteiger partial charge is 0.497 e. The molecule has 0 bridgehead atoms. The molecule has 0 saturated heterocycles. The highest BCUT2D eigenvalue weighted by atomic mass is 79.9. The summed E-state index contributed by atoms with van der Waals surface area (Å²) in [7, 11) is 1.44. The zero-order chi connectivity index (χ0) is 14.0. The number of carbonyl (C=O) groups excluding carboxylic acids is 1. The van der Waals surface area contributed by atoms with Gasteiger partial charge in [-0.3, -0.25) is 4.79 Å². The summed E-state index contributed by atoms with van der Waals surface area (Å²) in [6.07, 6.45) is 0. The second-order valence-corrected chi connectivity index (χ2v) is 4.77. The fraction of sp³-hybridized carbons (Fsp3) is 0.0714. The van der Waals surface area contributed by atoms with Crippen LogP contribution in [0.5, 0.6) is 5.75 Å². The molecule has 3 nitrogen and oxygen atoms in total. The maximum atomic E-state index is 13.8. The van der Waals surface area contributed by atoms with E-state index in [1.165, 1.54) is 25.3 Å². The van der Waals surface area contributed by atoms with Crippen LogP contribution in [0.1, 0.15) is 15.9 Å². The van der Waals surface area contributed by atoms with Crippen molar-refractivity contribution < 1.29 is 13.9 Å². The van der Waals surface area contributed by atoms with Gasteiger partial charge in [-0.25, -0.2) is 4.39 Å². The lowest BCUT2D eigenvalue weighted by Crippen LogP contribution is -2.05. The Labute approximate surface area is 118 Å². The van der Waals surface area contributed by atoms with Gasteiger partial charge in [-0.05, 0) is 46.3 Å². The molecule has 0 aromatic heterocycles. The minimum atomic E-state index is -0.620. The molecule has 2 rings (SSSR count). The highest BCUT2D eigenvalue weighted by molar-refractivity contribution is 9.10. The topological polar surface area (TPSA) is 52.3 Å². The average Bonchev–Trinajstić information content (AvgIpc) is 2.41. The van der Waals surface area contributed by atoms with Gasteiger partial charge in [0.2, 0.25) is 0 Å². The van der Waals surface area contributed by atoms with Gasteiger partial charge < -0.3 is 10.5 Å². The Morgan fingerprint density at radius 2 is 2.00 bits per heavy atom. The van der Waals surface area contributed by atoms with Crippen molar-refractivity contribution in [3.05, 3.63) is 57.8 Å². The molecule has 0 aliphatic heterocycles. The van der Waals surface area contributed by atoms with Gasteiger partial charge in [-0.15, -0.1) is 0 Å².